The van der Waals surface area contributed by atoms with Gasteiger partial charge < -0.3 is 10.6 Å². The number of halogens is 1. The van der Waals surface area contributed by atoms with Crippen molar-refractivity contribution in [1.29, 1.82) is 0 Å². The van der Waals surface area contributed by atoms with Crippen LogP contribution in [0.15, 0.2) is 29.3 Å². The zero-order chi connectivity index (χ0) is 17.9. The fraction of sp³-hybridized carbons (Fsp3) is 0.632. The Kier molecular flexibility index (Phi) is 9.51. The molecule has 2 N–H and O–H groups in total. The van der Waals surface area contributed by atoms with Gasteiger partial charge in [-0.05, 0) is 55.9 Å². The highest BCUT2D eigenvalue weighted by atomic mass is 35.5. The number of nitrogens with zero attached hydrogens (tertiary/aromatic N) is 2. The van der Waals surface area contributed by atoms with Crippen LogP contribution in [0.4, 0.5) is 0 Å². The minimum absolute atomic E-state index is 0.514. The Bertz CT molecular complexity index is 513. The average molecular weight is 383 g/mol. The maximum absolute atomic E-state index is 5.96. The molecule has 140 valence electrons. The molecule has 6 heteroatoms. The van der Waals surface area contributed by atoms with Crippen molar-refractivity contribution in [2.45, 2.75) is 38.8 Å². The first-order valence-corrected chi connectivity index (χ1v) is 11.0. The summed E-state index contributed by atoms with van der Waals surface area (Å²) >= 11 is 7.84. The Balaban J connectivity index is 1.74. The van der Waals surface area contributed by atoms with Crippen molar-refractivity contribution >= 4 is 29.3 Å². The number of hydrogen-bond acceptors (Lipinski definition) is 3. The highest BCUT2D eigenvalue weighted by molar-refractivity contribution is 7.98. The molecule has 4 nitrogen and oxygen atoms in total. The number of guanidine groups is 1. The van der Waals surface area contributed by atoms with Crippen LogP contribution in [-0.4, -0.2) is 55.1 Å². The zero-order valence-electron chi connectivity index (χ0n) is 15.4. The van der Waals surface area contributed by atoms with Crippen LogP contribution in [-0.2, 0) is 6.54 Å². The summed E-state index contributed by atoms with van der Waals surface area (Å²) in [6.07, 6.45) is 5.59. The molecule has 1 heterocycles. The van der Waals surface area contributed by atoms with Crippen molar-refractivity contribution < 1.29 is 0 Å². The van der Waals surface area contributed by atoms with Gasteiger partial charge in [-0.2, -0.15) is 11.8 Å². The molecule has 1 aromatic carbocycles. The highest BCUT2D eigenvalue weighted by Crippen LogP contribution is 2.16. The predicted molar refractivity (Wildman–Crippen MR) is 112 cm³/mol. The molecule has 1 aliphatic rings. The molecule has 25 heavy (non-hydrogen) atoms. The van der Waals surface area contributed by atoms with Crippen LogP contribution in [0.25, 0.3) is 0 Å². The lowest BCUT2D eigenvalue weighted by Gasteiger charge is -2.33. The van der Waals surface area contributed by atoms with Gasteiger partial charge in [0, 0.05) is 43.8 Å². The summed E-state index contributed by atoms with van der Waals surface area (Å²) in [5.41, 5.74) is 1.33. The van der Waals surface area contributed by atoms with Gasteiger partial charge in [0.1, 0.15) is 0 Å². The molecule has 0 radical (unpaired) electrons. The van der Waals surface area contributed by atoms with Gasteiger partial charge >= 0.3 is 0 Å². The van der Waals surface area contributed by atoms with Crippen LogP contribution in [0, 0.1) is 0 Å². The Hall–Kier alpha value is -0.910. The second kappa shape index (κ2) is 11.7. The van der Waals surface area contributed by atoms with Gasteiger partial charge in [-0.3, -0.25) is 9.89 Å². The van der Waals surface area contributed by atoms with E-state index in [1.807, 2.05) is 23.9 Å². The maximum atomic E-state index is 5.96. The summed E-state index contributed by atoms with van der Waals surface area (Å²) in [5.74, 6) is 2.14. The second-order valence-electron chi connectivity index (χ2n) is 6.43. The normalized spacial score (nSPS) is 16.8. The topological polar surface area (TPSA) is 39.7 Å². The second-order valence-corrected chi connectivity index (χ2v) is 7.85. The first-order chi connectivity index (χ1) is 12.2. The van der Waals surface area contributed by atoms with Gasteiger partial charge in [0.25, 0.3) is 0 Å². The Labute approximate surface area is 161 Å². The summed E-state index contributed by atoms with van der Waals surface area (Å²) in [7, 11) is 0. The van der Waals surface area contributed by atoms with Crippen molar-refractivity contribution in [3.63, 3.8) is 0 Å². The molecule has 0 saturated carbocycles. The molecule has 0 atom stereocenters. The van der Waals surface area contributed by atoms with E-state index in [1.54, 1.807) is 0 Å². The number of rotatable bonds is 8. The molecule has 0 amide bonds. The van der Waals surface area contributed by atoms with Gasteiger partial charge in [-0.25, -0.2) is 0 Å². The van der Waals surface area contributed by atoms with E-state index in [1.165, 1.54) is 11.3 Å². The van der Waals surface area contributed by atoms with Crippen LogP contribution in [0.3, 0.4) is 0 Å². The number of likely N-dealkylation sites (tertiary alicyclic amines) is 1. The van der Waals surface area contributed by atoms with Gasteiger partial charge in [0.2, 0.25) is 0 Å². The predicted octanol–water partition coefficient (Wildman–Crippen LogP) is 3.61. The summed E-state index contributed by atoms with van der Waals surface area (Å²) in [6, 6.07) is 8.71. The van der Waals surface area contributed by atoms with Crippen molar-refractivity contribution in [3.05, 3.63) is 34.9 Å². The average Bonchev–Trinajstić information content (AvgIpc) is 2.62. The number of thioether (sulfide) groups is 1. The van der Waals surface area contributed by atoms with Crippen molar-refractivity contribution in [2.24, 2.45) is 4.99 Å². The molecule has 0 bridgehead atoms. The third kappa shape index (κ3) is 7.89. The molecule has 1 saturated heterocycles. The molecule has 0 aromatic heterocycles. The number of benzene rings is 1. The van der Waals surface area contributed by atoms with Crippen LogP contribution >= 0.6 is 23.4 Å². The van der Waals surface area contributed by atoms with Gasteiger partial charge in [-0.1, -0.05) is 23.7 Å². The molecule has 1 aliphatic heterocycles. The summed E-state index contributed by atoms with van der Waals surface area (Å²) in [5, 5.41) is 7.79. The quantitative estimate of drug-likeness (QED) is 0.409. The van der Waals surface area contributed by atoms with E-state index in [2.05, 4.69) is 40.8 Å². The molecule has 1 aromatic rings. The van der Waals surface area contributed by atoms with Crippen LogP contribution < -0.4 is 10.6 Å². The minimum atomic E-state index is 0.514. The molecule has 2 rings (SSSR count). The van der Waals surface area contributed by atoms with Gasteiger partial charge in [-0.15, -0.1) is 0 Å². The Morgan fingerprint density at radius 2 is 2.00 bits per heavy atom. The molecule has 0 unspecified atom stereocenters. The maximum Gasteiger partial charge on any atom is 0.191 e. The molecular weight excluding hydrogens is 352 g/mol. The standard InChI is InChI=1S/C19H31ClN4S/c1-3-21-19(22-11-4-14-25-2)23-18-9-12-24(13-10-18)15-16-5-7-17(20)8-6-16/h5-8,18H,3-4,9-15H2,1-2H3,(H2,21,22,23). The number of hydrogen-bond donors (Lipinski definition) is 2. The Morgan fingerprint density at radius 1 is 1.28 bits per heavy atom. The number of nitrogens with one attached hydrogen (secondary N) is 2. The van der Waals surface area contributed by atoms with Crippen LogP contribution in [0.5, 0.6) is 0 Å². The van der Waals surface area contributed by atoms with Crippen molar-refractivity contribution in [2.75, 3.05) is 38.2 Å². The lowest BCUT2D eigenvalue weighted by Crippen LogP contribution is -2.48. The molecular formula is C19H31ClN4S. The number of piperidine rings is 1. The molecule has 0 spiro atoms. The smallest absolute Gasteiger partial charge is 0.191 e. The summed E-state index contributed by atoms with van der Waals surface area (Å²) < 4.78 is 0. The Morgan fingerprint density at radius 3 is 2.64 bits per heavy atom. The zero-order valence-corrected chi connectivity index (χ0v) is 17.0. The van der Waals surface area contributed by atoms with Crippen molar-refractivity contribution in [3.8, 4) is 0 Å². The lowest BCUT2D eigenvalue weighted by molar-refractivity contribution is 0.198. The third-order valence-electron chi connectivity index (χ3n) is 4.37. The van der Waals surface area contributed by atoms with Crippen molar-refractivity contribution in [1.82, 2.24) is 15.5 Å². The van der Waals surface area contributed by atoms with E-state index in [9.17, 15) is 0 Å². The fourth-order valence-corrected chi connectivity index (χ4v) is 3.54. The minimum Gasteiger partial charge on any atom is -0.357 e. The monoisotopic (exact) mass is 382 g/mol. The van der Waals surface area contributed by atoms with E-state index >= 15 is 0 Å². The largest absolute Gasteiger partial charge is 0.357 e. The van der Waals surface area contributed by atoms with E-state index < -0.39 is 0 Å². The van der Waals surface area contributed by atoms with Crippen LogP contribution in [0.2, 0.25) is 5.02 Å². The lowest BCUT2D eigenvalue weighted by atomic mass is 10.0. The highest BCUT2D eigenvalue weighted by Gasteiger charge is 2.20. The van der Waals surface area contributed by atoms with E-state index in [4.69, 9.17) is 16.6 Å². The summed E-state index contributed by atoms with van der Waals surface area (Å²) in [6.45, 7) is 7.16. The van der Waals surface area contributed by atoms with Gasteiger partial charge in [0.15, 0.2) is 5.96 Å². The first-order valence-electron chi connectivity index (χ1n) is 9.22. The molecule has 1 fully saturated rings. The number of aliphatic imine (C=N–C) groups is 1. The van der Waals surface area contributed by atoms with E-state index in [-0.39, 0.29) is 0 Å². The SMILES string of the molecule is CCNC(=NCCCSC)NC1CCN(Cc2ccc(Cl)cc2)CC1. The van der Waals surface area contributed by atoms with Crippen LogP contribution in [0.1, 0.15) is 31.7 Å². The fourth-order valence-electron chi connectivity index (χ4n) is 3.00. The van der Waals surface area contributed by atoms with Gasteiger partial charge in [0.05, 0.1) is 0 Å². The molecule has 0 aliphatic carbocycles. The summed E-state index contributed by atoms with van der Waals surface area (Å²) in [4.78, 5) is 7.21. The van der Waals surface area contributed by atoms with E-state index in [0.717, 1.165) is 63.0 Å². The third-order valence-corrected chi connectivity index (χ3v) is 5.32. The first kappa shape index (κ1) is 20.4. The van der Waals surface area contributed by atoms with E-state index in [0.29, 0.717) is 6.04 Å².